The molecule has 1 fully saturated rings. The van der Waals surface area contributed by atoms with Gasteiger partial charge in [0.1, 0.15) is 5.56 Å². The van der Waals surface area contributed by atoms with Crippen LogP contribution in [0.3, 0.4) is 0 Å². The van der Waals surface area contributed by atoms with Crippen molar-refractivity contribution in [2.75, 3.05) is 11.4 Å². The number of rotatable bonds is 4. The maximum atomic E-state index is 12.4. The van der Waals surface area contributed by atoms with Crippen LogP contribution in [0.15, 0.2) is 41.2 Å². The number of nitrogens with zero attached hydrogens (tertiary/aromatic N) is 1. The second-order valence-electron chi connectivity index (χ2n) is 6.32. The van der Waals surface area contributed by atoms with E-state index in [0.29, 0.717) is 12.1 Å². The number of amides is 2. The van der Waals surface area contributed by atoms with Crippen molar-refractivity contribution in [3.63, 3.8) is 0 Å². The molecule has 0 spiro atoms. The summed E-state index contributed by atoms with van der Waals surface area (Å²) in [6.07, 6.45) is 1.44. The third kappa shape index (κ3) is 3.63. The van der Waals surface area contributed by atoms with Crippen molar-refractivity contribution in [2.45, 2.75) is 32.7 Å². The van der Waals surface area contributed by atoms with E-state index in [9.17, 15) is 14.4 Å². The Morgan fingerprint density at radius 2 is 2.04 bits per heavy atom. The van der Waals surface area contributed by atoms with Crippen molar-refractivity contribution in [3.05, 3.63) is 63.6 Å². The molecule has 0 saturated carbocycles. The van der Waals surface area contributed by atoms with Crippen LogP contribution in [0, 0.1) is 6.92 Å². The van der Waals surface area contributed by atoms with Crippen LogP contribution >= 0.6 is 0 Å². The molecule has 1 aliphatic rings. The van der Waals surface area contributed by atoms with Gasteiger partial charge in [0.15, 0.2) is 0 Å². The zero-order valence-corrected chi connectivity index (χ0v) is 14.3. The maximum Gasteiger partial charge on any atom is 0.260 e. The quantitative estimate of drug-likeness (QED) is 0.897. The van der Waals surface area contributed by atoms with Crippen LogP contribution in [0.2, 0.25) is 0 Å². The number of benzene rings is 1. The molecule has 2 N–H and O–H groups in total. The number of hydrogen-bond acceptors (Lipinski definition) is 3. The van der Waals surface area contributed by atoms with Gasteiger partial charge in [-0.05, 0) is 50.1 Å². The molecule has 130 valence electrons. The van der Waals surface area contributed by atoms with Crippen LogP contribution < -0.4 is 15.8 Å². The summed E-state index contributed by atoms with van der Waals surface area (Å²) in [5.74, 6) is -0.295. The lowest BCUT2D eigenvalue weighted by Gasteiger charge is -2.19. The van der Waals surface area contributed by atoms with Gasteiger partial charge in [0.05, 0.1) is 6.04 Å². The number of H-pyrrole nitrogens is 1. The molecule has 0 unspecified atom stereocenters. The highest BCUT2D eigenvalue weighted by Gasteiger charge is 2.22. The highest BCUT2D eigenvalue weighted by atomic mass is 16.2. The first kappa shape index (κ1) is 17.0. The van der Waals surface area contributed by atoms with Gasteiger partial charge in [-0.25, -0.2) is 0 Å². The molecule has 0 radical (unpaired) electrons. The minimum absolute atomic E-state index is 0.0864. The van der Waals surface area contributed by atoms with Crippen molar-refractivity contribution < 1.29 is 9.59 Å². The molecule has 0 bridgehead atoms. The number of hydrogen-bond donors (Lipinski definition) is 2. The number of aromatic amines is 1. The Balaban J connectivity index is 1.77. The smallest absolute Gasteiger partial charge is 0.260 e. The van der Waals surface area contributed by atoms with E-state index in [-0.39, 0.29) is 17.5 Å². The van der Waals surface area contributed by atoms with Gasteiger partial charge in [-0.2, -0.15) is 0 Å². The van der Waals surface area contributed by atoms with Crippen LogP contribution in [-0.4, -0.2) is 23.3 Å². The molecule has 25 heavy (non-hydrogen) atoms. The Hall–Kier alpha value is -2.89. The summed E-state index contributed by atoms with van der Waals surface area (Å²) in [5, 5.41) is 2.84. The van der Waals surface area contributed by atoms with Gasteiger partial charge in [-0.15, -0.1) is 0 Å². The molecule has 1 aliphatic heterocycles. The van der Waals surface area contributed by atoms with Crippen LogP contribution in [0.4, 0.5) is 5.69 Å². The summed E-state index contributed by atoms with van der Waals surface area (Å²) in [7, 11) is 0. The molecular formula is C19H21N3O3. The molecule has 6 heteroatoms. The number of aryl methyl sites for hydroxylation is 1. The Bertz CT molecular complexity index is 872. The molecule has 2 aromatic rings. The summed E-state index contributed by atoms with van der Waals surface area (Å²) in [6, 6.07) is 10.5. The number of carbonyl (C=O) groups is 2. The normalized spacial score (nSPS) is 15.3. The summed E-state index contributed by atoms with van der Waals surface area (Å²) in [4.78, 5) is 40.6. The van der Waals surface area contributed by atoms with Crippen LogP contribution in [0.1, 0.15) is 47.4 Å². The third-order valence-electron chi connectivity index (χ3n) is 4.40. The SMILES string of the molecule is Cc1ccc(C(=O)N[C@H](C)c2cccc(N3CCCC3=O)c2)c(=O)[nH]1. The van der Waals surface area contributed by atoms with E-state index >= 15 is 0 Å². The first-order valence-electron chi connectivity index (χ1n) is 8.37. The summed E-state index contributed by atoms with van der Waals surface area (Å²) >= 11 is 0. The lowest BCUT2D eigenvalue weighted by atomic mass is 10.1. The molecule has 6 nitrogen and oxygen atoms in total. The monoisotopic (exact) mass is 339 g/mol. The lowest BCUT2D eigenvalue weighted by molar-refractivity contribution is -0.117. The first-order valence-corrected chi connectivity index (χ1v) is 8.37. The zero-order chi connectivity index (χ0) is 18.0. The summed E-state index contributed by atoms with van der Waals surface area (Å²) in [5.41, 5.74) is 2.12. The fraction of sp³-hybridized carbons (Fsp3) is 0.316. The second kappa shape index (κ2) is 6.93. The fourth-order valence-corrected chi connectivity index (χ4v) is 2.99. The van der Waals surface area contributed by atoms with Crippen molar-refractivity contribution in [1.29, 1.82) is 0 Å². The molecular weight excluding hydrogens is 318 g/mol. The van der Waals surface area contributed by atoms with E-state index in [1.54, 1.807) is 17.9 Å². The summed E-state index contributed by atoms with van der Waals surface area (Å²) < 4.78 is 0. The van der Waals surface area contributed by atoms with Crippen molar-refractivity contribution >= 4 is 17.5 Å². The minimum atomic E-state index is -0.420. The molecule has 0 aliphatic carbocycles. The van der Waals surface area contributed by atoms with Crippen LogP contribution in [-0.2, 0) is 4.79 Å². The number of aromatic nitrogens is 1. The van der Waals surface area contributed by atoms with Crippen LogP contribution in [0.5, 0.6) is 0 Å². The highest BCUT2D eigenvalue weighted by molar-refractivity contribution is 5.95. The van der Waals surface area contributed by atoms with E-state index in [4.69, 9.17) is 0 Å². The Labute approximate surface area is 145 Å². The van der Waals surface area contributed by atoms with Crippen molar-refractivity contribution in [3.8, 4) is 0 Å². The average Bonchev–Trinajstić information content (AvgIpc) is 3.01. The van der Waals surface area contributed by atoms with Gasteiger partial charge in [0, 0.05) is 24.3 Å². The van der Waals surface area contributed by atoms with E-state index < -0.39 is 11.5 Å². The molecule has 2 amide bonds. The van der Waals surface area contributed by atoms with Crippen LogP contribution in [0.25, 0.3) is 0 Å². The molecule has 1 saturated heterocycles. The summed E-state index contributed by atoms with van der Waals surface area (Å²) in [6.45, 7) is 4.34. The van der Waals surface area contributed by atoms with E-state index in [2.05, 4.69) is 10.3 Å². The number of nitrogens with one attached hydrogen (secondary N) is 2. The van der Waals surface area contributed by atoms with Gasteiger partial charge in [-0.3, -0.25) is 14.4 Å². The van der Waals surface area contributed by atoms with Gasteiger partial charge in [-0.1, -0.05) is 12.1 Å². The van der Waals surface area contributed by atoms with E-state index in [0.717, 1.165) is 24.2 Å². The lowest BCUT2D eigenvalue weighted by Crippen LogP contribution is -2.32. The van der Waals surface area contributed by atoms with Gasteiger partial charge < -0.3 is 15.2 Å². The predicted molar refractivity (Wildman–Crippen MR) is 95.7 cm³/mol. The number of pyridine rings is 1. The third-order valence-corrected chi connectivity index (χ3v) is 4.40. The molecule has 1 atom stereocenters. The molecule has 2 heterocycles. The largest absolute Gasteiger partial charge is 0.345 e. The van der Waals surface area contributed by atoms with Gasteiger partial charge in [0.25, 0.3) is 11.5 Å². The molecule has 3 rings (SSSR count). The number of carbonyl (C=O) groups excluding carboxylic acids is 2. The van der Waals surface area contributed by atoms with Gasteiger partial charge >= 0.3 is 0 Å². The standard InChI is InChI=1S/C19H21N3O3/c1-12-8-9-16(18(24)20-12)19(25)21-13(2)14-5-3-6-15(11-14)22-10-4-7-17(22)23/h3,5-6,8-9,11,13H,4,7,10H2,1-2H3,(H,20,24)(H,21,25)/t13-/m1/s1. The average molecular weight is 339 g/mol. The van der Waals surface area contributed by atoms with E-state index in [1.165, 1.54) is 6.07 Å². The second-order valence-corrected chi connectivity index (χ2v) is 6.32. The topological polar surface area (TPSA) is 82.3 Å². The Morgan fingerprint density at radius 3 is 2.72 bits per heavy atom. The van der Waals surface area contributed by atoms with Crippen molar-refractivity contribution in [2.24, 2.45) is 0 Å². The maximum absolute atomic E-state index is 12.4. The van der Waals surface area contributed by atoms with Gasteiger partial charge in [0.2, 0.25) is 5.91 Å². The van der Waals surface area contributed by atoms with E-state index in [1.807, 2.05) is 31.2 Å². The first-order chi connectivity index (χ1) is 12.0. The van der Waals surface area contributed by atoms with Crippen molar-refractivity contribution in [1.82, 2.24) is 10.3 Å². The molecule has 1 aromatic carbocycles. The Kier molecular flexibility index (Phi) is 4.70. The highest BCUT2D eigenvalue weighted by Crippen LogP contribution is 2.24. The predicted octanol–water partition coefficient (Wildman–Crippen LogP) is 2.30. The molecule has 1 aromatic heterocycles. The fourth-order valence-electron chi connectivity index (χ4n) is 2.99. The zero-order valence-electron chi connectivity index (χ0n) is 14.3. The Morgan fingerprint density at radius 1 is 1.24 bits per heavy atom. The number of anilines is 1. The minimum Gasteiger partial charge on any atom is -0.345 e.